The van der Waals surface area contributed by atoms with Gasteiger partial charge in [-0.05, 0) is 24.5 Å². The second kappa shape index (κ2) is 4.97. The van der Waals surface area contributed by atoms with Gasteiger partial charge in [-0.1, -0.05) is 38.0 Å². The van der Waals surface area contributed by atoms with Crippen LogP contribution in [0.15, 0.2) is 30.5 Å². The standard InChI is InChI=1S/C14H17NO/c1-2-3-4-7-12-10-15(11-16)14-9-6-5-8-13(12)14/h5-6,8-11H,2-4,7H2,1H3. The molecule has 0 saturated carbocycles. The number of benzene rings is 1. The van der Waals surface area contributed by atoms with Crippen molar-refractivity contribution in [2.75, 3.05) is 0 Å². The Balaban J connectivity index is 2.33. The molecule has 2 heteroatoms. The first-order valence-electron chi connectivity index (χ1n) is 5.90. The fourth-order valence-electron chi connectivity index (χ4n) is 2.13. The van der Waals surface area contributed by atoms with E-state index in [2.05, 4.69) is 13.0 Å². The molecule has 1 heterocycles. The molecular weight excluding hydrogens is 198 g/mol. The van der Waals surface area contributed by atoms with E-state index in [0.29, 0.717) is 0 Å². The van der Waals surface area contributed by atoms with Crippen molar-refractivity contribution in [3.05, 3.63) is 36.0 Å². The zero-order valence-corrected chi connectivity index (χ0v) is 9.65. The third-order valence-corrected chi connectivity index (χ3v) is 2.99. The first-order chi connectivity index (χ1) is 7.86. The minimum Gasteiger partial charge on any atom is -0.290 e. The summed E-state index contributed by atoms with van der Waals surface area (Å²) in [6.07, 6.45) is 7.59. The molecule has 2 aromatic rings. The Kier molecular flexibility index (Phi) is 3.40. The number of para-hydroxylation sites is 1. The second-order valence-electron chi connectivity index (χ2n) is 4.14. The molecular formula is C14H17NO. The fourth-order valence-corrected chi connectivity index (χ4v) is 2.13. The molecule has 0 radical (unpaired) electrons. The zero-order valence-electron chi connectivity index (χ0n) is 9.65. The highest BCUT2D eigenvalue weighted by molar-refractivity contribution is 5.88. The van der Waals surface area contributed by atoms with Gasteiger partial charge < -0.3 is 0 Å². The van der Waals surface area contributed by atoms with Crippen molar-refractivity contribution in [2.24, 2.45) is 0 Å². The Morgan fingerprint density at radius 1 is 1.25 bits per heavy atom. The number of rotatable bonds is 5. The summed E-state index contributed by atoms with van der Waals surface area (Å²) >= 11 is 0. The van der Waals surface area contributed by atoms with E-state index in [0.717, 1.165) is 18.3 Å². The zero-order chi connectivity index (χ0) is 11.4. The summed E-state index contributed by atoms with van der Waals surface area (Å²) < 4.78 is 1.68. The van der Waals surface area contributed by atoms with E-state index in [9.17, 15) is 4.79 Å². The molecule has 2 nitrogen and oxygen atoms in total. The molecule has 0 aliphatic carbocycles. The lowest BCUT2D eigenvalue weighted by molar-refractivity contribution is 0.549. The number of unbranched alkanes of at least 4 members (excludes halogenated alkanes) is 2. The number of aryl methyl sites for hydroxylation is 1. The molecule has 1 aromatic heterocycles. The average molecular weight is 215 g/mol. The van der Waals surface area contributed by atoms with Crippen LogP contribution in [0.1, 0.15) is 31.7 Å². The fraction of sp³-hybridized carbons (Fsp3) is 0.357. The highest BCUT2D eigenvalue weighted by Gasteiger charge is 2.06. The molecule has 84 valence electrons. The van der Waals surface area contributed by atoms with Gasteiger partial charge in [-0.2, -0.15) is 0 Å². The van der Waals surface area contributed by atoms with Crippen molar-refractivity contribution in [2.45, 2.75) is 32.6 Å². The van der Waals surface area contributed by atoms with Gasteiger partial charge in [-0.15, -0.1) is 0 Å². The maximum absolute atomic E-state index is 10.9. The van der Waals surface area contributed by atoms with Crippen molar-refractivity contribution in [3.63, 3.8) is 0 Å². The SMILES string of the molecule is CCCCCc1cn(C=O)c2ccccc12. The molecule has 0 aliphatic rings. The van der Waals surface area contributed by atoms with Gasteiger partial charge in [0.15, 0.2) is 0 Å². The van der Waals surface area contributed by atoms with Gasteiger partial charge in [0.05, 0.1) is 5.52 Å². The van der Waals surface area contributed by atoms with Crippen molar-refractivity contribution in [1.82, 2.24) is 4.57 Å². The van der Waals surface area contributed by atoms with Crippen molar-refractivity contribution < 1.29 is 4.79 Å². The Morgan fingerprint density at radius 2 is 2.06 bits per heavy atom. The van der Waals surface area contributed by atoms with Gasteiger partial charge in [0.2, 0.25) is 6.41 Å². The Labute approximate surface area is 95.9 Å². The highest BCUT2D eigenvalue weighted by Crippen LogP contribution is 2.21. The van der Waals surface area contributed by atoms with Crippen molar-refractivity contribution in [1.29, 1.82) is 0 Å². The summed E-state index contributed by atoms with van der Waals surface area (Å²) in [4.78, 5) is 10.9. The molecule has 0 fully saturated rings. The summed E-state index contributed by atoms with van der Waals surface area (Å²) in [5, 5.41) is 1.21. The summed E-state index contributed by atoms with van der Waals surface area (Å²) in [5.74, 6) is 0. The van der Waals surface area contributed by atoms with Gasteiger partial charge in [0.25, 0.3) is 0 Å². The number of nitrogens with zero attached hydrogens (tertiary/aromatic N) is 1. The molecule has 0 bridgehead atoms. The number of carbonyl (C=O) groups is 1. The van der Waals surface area contributed by atoms with Gasteiger partial charge in [0.1, 0.15) is 0 Å². The second-order valence-corrected chi connectivity index (χ2v) is 4.14. The molecule has 0 saturated heterocycles. The normalized spacial score (nSPS) is 10.8. The summed E-state index contributed by atoms with van der Waals surface area (Å²) in [6, 6.07) is 8.09. The lowest BCUT2D eigenvalue weighted by Gasteiger charge is -1.97. The Hall–Kier alpha value is -1.57. The number of hydrogen-bond donors (Lipinski definition) is 0. The van der Waals surface area contributed by atoms with E-state index >= 15 is 0 Å². The molecule has 0 amide bonds. The maximum atomic E-state index is 10.9. The molecule has 0 unspecified atom stereocenters. The Bertz CT molecular complexity index is 484. The average Bonchev–Trinajstić information content (AvgIpc) is 2.68. The van der Waals surface area contributed by atoms with Crippen LogP contribution in [0.25, 0.3) is 10.9 Å². The third kappa shape index (κ3) is 2.01. The molecule has 0 aliphatic heterocycles. The van der Waals surface area contributed by atoms with Crippen LogP contribution in [0, 0.1) is 0 Å². The molecule has 16 heavy (non-hydrogen) atoms. The predicted octanol–water partition coefficient (Wildman–Crippen LogP) is 3.41. The van der Waals surface area contributed by atoms with Crippen LogP contribution in [0.2, 0.25) is 0 Å². The molecule has 0 spiro atoms. The lowest BCUT2D eigenvalue weighted by atomic mass is 10.1. The monoisotopic (exact) mass is 215 g/mol. The highest BCUT2D eigenvalue weighted by atomic mass is 16.1. The summed E-state index contributed by atoms with van der Waals surface area (Å²) in [7, 11) is 0. The molecule has 0 N–H and O–H groups in total. The van der Waals surface area contributed by atoms with E-state index in [1.165, 1.54) is 30.2 Å². The number of fused-ring (bicyclic) bond motifs is 1. The van der Waals surface area contributed by atoms with Crippen molar-refractivity contribution in [3.8, 4) is 0 Å². The summed E-state index contributed by atoms with van der Waals surface area (Å²) in [5.41, 5.74) is 2.31. The van der Waals surface area contributed by atoms with Crippen LogP contribution in [-0.2, 0) is 11.2 Å². The van der Waals surface area contributed by atoms with Crippen LogP contribution in [-0.4, -0.2) is 11.0 Å². The van der Waals surface area contributed by atoms with E-state index in [-0.39, 0.29) is 0 Å². The van der Waals surface area contributed by atoms with Crippen LogP contribution in [0.3, 0.4) is 0 Å². The van der Waals surface area contributed by atoms with Crippen LogP contribution in [0.4, 0.5) is 0 Å². The number of carbonyl (C=O) groups excluding carboxylic acids is 1. The topological polar surface area (TPSA) is 22.0 Å². The lowest BCUT2D eigenvalue weighted by Crippen LogP contribution is -1.90. The maximum Gasteiger partial charge on any atom is 0.218 e. The predicted molar refractivity (Wildman–Crippen MR) is 67.3 cm³/mol. The van der Waals surface area contributed by atoms with Gasteiger partial charge in [0, 0.05) is 11.6 Å². The third-order valence-electron chi connectivity index (χ3n) is 2.99. The molecule has 2 rings (SSSR count). The van der Waals surface area contributed by atoms with Crippen molar-refractivity contribution >= 4 is 17.3 Å². The summed E-state index contributed by atoms with van der Waals surface area (Å²) in [6.45, 7) is 2.20. The van der Waals surface area contributed by atoms with Crippen LogP contribution in [0.5, 0.6) is 0 Å². The van der Waals surface area contributed by atoms with E-state index < -0.39 is 0 Å². The minimum absolute atomic E-state index is 0.881. The first-order valence-corrected chi connectivity index (χ1v) is 5.90. The quantitative estimate of drug-likeness (QED) is 0.553. The first kappa shape index (κ1) is 10.9. The number of aromatic nitrogens is 1. The van der Waals surface area contributed by atoms with Gasteiger partial charge >= 0.3 is 0 Å². The smallest absolute Gasteiger partial charge is 0.218 e. The van der Waals surface area contributed by atoms with Gasteiger partial charge in [-0.25, -0.2) is 0 Å². The van der Waals surface area contributed by atoms with E-state index in [4.69, 9.17) is 0 Å². The van der Waals surface area contributed by atoms with Crippen LogP contribution >= 0.6 is 0 Å². The number of hydrogen-bond acceptors (Lipinski definition) is 1. The minimum atomic E-state index is 0.881. The van der Waals surface area contributed by atoms with Crippen LogP contribution < -0.4 is 0 Å². The van der Waals surface area contributed by atoms with E-state index in [1.54, 1.807) is 4.57 Å². The molecule has 1 aromatic carbocycles. The van der Waals surface area contributed by atoms with E-state index in [1.807, 2.05) is 24.4 Å². The largest absolute Gasteiger partial charge is 0.290 e. The molecule has 0 atom stereocenters. The Morgan fingerprint density at radius 3 is 2.81 bits per heavy atom. The van der Waals surface area contributed by atoms with Gasteiger partial charge in [-0.3, -0.25) is 9.36 Å².